The minimum absolute atomic E-state index is 0.0375. The maximum atomic E-state index is 12.0. The van der Waals surface area contributed by atoms with Crippen molar-refractivity contribution in [3.05, 3.63) is 27.4 Å². The van der Waals surface area contributed by atoms with E-state index >= 15 is 0 Å². The van der Waals surface area contributed by atoms with E-state index in [4.69, 9.17) is 4.74 Å². The van der Waals surface area contributed by atoms with Gasteiger partial charge in [-0.2, -0.15) is 0 Å². The monoisotopic (exact) mass is 250 g/mol. The van der Waals surface area contributed by atoms with Crippen molar-refractivity contribution in [2.45, 2.75) is 58.5 Å². The number of aryl methyl sites for hydroxylation is 1. The lowest BCUT2D eigenvalue weighted by atomic mass is 9.97. The molecule has 0 bridgehead atoms. The van der Waals surface area contributed by atoms with Crippen LogP contribution in [-0.2, 0) is 17.6 Å². The molecular weight excluding hydrogens is 228 g/mol. The maximum absolute atomic E-state index is 12.0. The number of aromatic amines is 1. The molecule has 1 N–H and O–H groups in total. The molecule has 0 fully saturated rings. The van der Waals surface area contributed by atoms with E-state index < -0.39 is 0 Å². The third-order valence-corrected chi connectivity index (χ3v) is 3.43. The number of hydrogen-bond acceptors (Lipinski definition) is 3. The van der Waals surface area contributed by atoms with Gasteiger partial charge in [0.2, 0.25) is 0 Å². The van der Waals surface area contributed by atoms with Gasteiger partial charge in [-0.15, -0.1) is 0 Å². The van der Waals surface area contributed by atoms with E-state index in [1.54, 1.807) is 0 Å². The van der Waals surface area contributed by atoms with Crippen LogP contribution in [-0.4, -0.2) is 16.6 Å². The highest BCUT2D eigenvalue weighted by Gasteiger charge is 2.19. The molecular formula is C14H22N2O2. The molecule has 1 aromatic heterocycles. The Hall–Kier alpha value is -1.16. The van der Waals surface area contributed by atoms with Gasteiger partial charge in [-0.1, -0.05) is 13.3 Å². The largest absolute Gasteiger partial charge is 0.371 e. The molecule has 18 heavy (non-hydrogen) atoms. The topological polar surface area (TPSA) is 55.0 Å². The molecule has 1 aliphatic rings. The number of aromatic nitrogens is 2. The van der Waals surface area contributed by atoms with E-state index in [1.165, 1.54) is 0 Å². The molecule has 0 saturated heterocycles. The first-order valence-corrected chi connectivity index (χ1v) is 6.99. The molecule has 1 unspecified atom stereocenters. The molecule has 2 rings (SSSR count). The smallest absolute Gasteiger partial charge is 0.254 e. The number of nitrogens with one attached hydrogen (secondary N) is 1. The first kappa shape index (κ1) is 13.3. The van der Waals surface area contributed by atoms with Crippen molar-refractivity contribution in [1.29, 1.82) is 0 Å². The summed E-state index contributed by atoms with van der Waals surface area (Å²) in [7, 11) is 0. The van der Waals surface area contributed by atoms with Crippen LogP contribution in [0.4, 0.5) is 0 Å². The molecule has 0 spiro atoms. The van der Waals surface area contributed by atoms with Crippen molar-refractivity contribution in [3.63, 3.8) is 0 Å². The Morgan fingerprint density at radius 2 is 2.11 bits per heavy atom. The van der Waals surface area contributed by atoms with Gasteiger partial charge in [0.1, 0.15) is 11.9 Å². The Morgan fingerprint density at radius 1 is 1.33 bits per heavy atom. The summed E-state index contributed by atoms with van der Waals surface area (Å²) in [4.78, 5) is 19.6. The number of hydrogen-bond donors (Lipinski definition) is 1. The zero-order chi connectivity index (χ0) is 13.0. The lowest BCUT2D eigenvalue weighted by Gasteiger charge is -2.19. The molecule has 1 aliphatic carbocycles. The van der Waals surface area contributed by atoms with Crippen LogP contribution < -0.4 is 5.56 Å². The molecule has 0 amide bonds. The maximum Gasteiger partial charge on any atom is 0.254 e. The normalized spacial score (nSPS) is 16.3. The average molecular weight is 250 g/mol. The van der Waals surface area contributed by atoms with Gasteiger partial charge in [-0.05, 0) is 39.0 Å². The highest BCUT2D eigenvalue weighted by atomic mass is 16.5. The van der Waals surface area contributed by atoms with Crippen molar-refractivity contribution in [2.24, 2.45) is 0 Å². The zero-order valence-electron chi connectivity index (χ0n) is 11.3. The van der Waals surface area contributed by atoms with Gasteiger partial charge < -0.3 is 9.72 Å². The van der Waals surface area contributed by atoms with Crippen molar-refractivity contribution in [1.82, 2.24) is 9.97 Å². The van der Waals surface area contributed by atoms with Crippen LogP contribution in [0.25, 0.3) is 0 Å². The molecule has 100 valence electrons. The van der Waals surface area contributed by atoms with E-state index in [0.717, 1.165) is 49.8 Å². The summed E-state index contributed by atoms with van der Waals surface area (Å²) >= 11 is 0. The number of rotatable bonds is 5. The molecule has 4 heteroatoms. The van der Waals surface area contributed by atoms with E-state index in [-0.39, 0.29) is 11.7 Å². The molecule has 0 radical (unpaired) electrons. The SMILES string of the molecule is CCCC(OCC)c1nc2c(c(=O)[nH]1)CCCC2. The standard InChI is InChI=1S/C14H22N2O2/c1-3-7-12(18-4-2)13-15-11-9-6-5-8-10(11)14(17)16-13/h12H,3-9H2,1-2H3,(H,15,16,17). The Kier molecular flexibility index (Phi) is 4.53. The third kappa shape index (κ3) is 2.80. The minimum Gasteiger partial charge on any atom is -0.371 e. The highest BCUT2D eigenvalue weighted by Crippen LogP contribution is 2.22. The molecule has 4 nitrogen and oxygen atoms in total. The number of nitrogens with zero attached hydrogens (tertiary/aromatic N) is 1. The molecule has 1 atom stereocenters. The Morgan fingerprint density at radius 3 is 2.83 bits per heavy atom. The van der Waals surface area contributed by atoms with Crippen molar-refractivity contribution in [2.75, 3.05) is 6.61 Å². The Bertz CT molecular complexity index is 448. The second-order valence-corrected chi connectivity index (χ2v) is 4.82. The van der Waals surface area contributed by atoms with Gasteiger partial charge in [0.15, 0.2) is 0 Å². The van der Waals surface area contributed by atoms with Crippen molar-refractivity contribution < 1.29 is 4.74 Å². The molecule has 0 saturated carbocycles. The van der Waals surface area contributed by atoms with E-state index in [1.807, 2.05) is 6.92 Å². The molecule has 1 heterocycles. The van der Waals surface area contributed by atoms with Gasteiger partial charge in [0.25, 0.3) is 5.56 Å². The summed E-state index contributed by atoms with van der Waals surface area (Å²) < 4.78 is 5.68. The molecule has 1 aromatic rings. The summed E-state index contributed by atoms with van der Waals surface area (Å²) in [5, 5.41) is 0. The zero-order valence-corrected chi connectivity index (χ0v) is 11.3. The summed E-state index contributed by atoms with van der Waals surface area (Å²) in [5.41, 5.74) is 1.91. The summed E-state index contributed by atoms with van der Waals surface area (Å²) in [6.07, 6.45) is 5.88. The van der Waals surface area contributed by atoms with E-state index in [9.17, 15) is 4.79 Å². The number of fused-ring (bicyclic) bond motifs is 1. The fourth-order valence-electron chi connectivity index (χ4n) is 2.54. The highest BCUT2D eigenvalue weighted by molar-refractivity contribution is 5.21. The minimum atomic E-state index is -0.0695. The fourth-order valence-corrected chi connectivity index (χ4v) is 2.54. The molecule has 0 aromatic carbocycles. The third-order valence-electron chi connectivity index (χ3n) is 3.43. The fraction of sp³-hybridized carbons (Fsp3) is 0.714. The summed E-state index contributed by atoms with van der Waals surface area (Å²) in [6, 6.07) is 0. The Labute approximate surface area is 108 Å². The van der Waals surface area contributed by atoms with Crippen molar-refractivity contribution in [3.8, 4) is 0 Å². The first-order chi connectivity index (χ1) is 8.76. The number of H-pyrrole nitrogens is 1. The second kappa shape index (κ2) is 6.14. The quantitative estimate of drug-likeness (QED) is 0.873. The van der Waals surface area contributed by atoms with Crippen LogP contribution in [0.15, 0.2) is 4.79 Å². The summed E-state index contributed by atoms with van der Waals surface area (Å²) in [5.74, 6) is 0.712. The van der Waals surface area contributed by atoms with Gasteiger partial charge in [0.05, 0.1) is 5.69 Å². The lowest BCUT2D eigenvalue weighted by molar-refractivity contribution is 0.0489. The van der Waals surface area contributed by atoms with Gasteiger partial charge in [0, 0.05) is 12.2 Å². The number of ether oxygens (including phenoxy) is 1. The summed E-state index contributed by atoms with van der Waals surface area (Å²) in [6.45, 7) is 4.73. The van der Waals surface area contributed by atoms with Crippen LogP contribution in [0, 0.1) is 0 Å². The first-order valence-electron chi connectivity index (χ1n) is 6.99. The van der Waals surface area contributed by atoms with Gasteiger partial charge in [-0.25, -0.2) is 4.98 Å². The van der Waals surface area contributed by atoms with Crippen LogP contribution in [0.2, 0.25) is 0 Å². The average Bonchev–Trinajstić information content (AvgIpc) is 2.38. The lowest BCUT2D eigenvalue weighted by Crippen LogP contribution is -2.24. The van der Waals surface area contributed by atoms with E-state index in [2.05, 4.69) is 16.9 Å². The van der Waals surface area contributed by atoms with Crippen LogP contribution in [0.1, 0.15) is 62.7 Å². The second-order valence-electron chi connectivity index (χ2n) is 4.82. The van der Waals surface area contributed by atoms with Crippen LogP contribution in [0.5, 0.6) is 0 Å². The van der Waals surface area contributed by atoms with Crippen LogP contribution in [0.3, 0.4) is 0 Å². The van der Waals surface area contributed by atoms with Gasteiger partial charge >= 0.3 is 0 Å². The molecule has 0 aliphatic heterocycles. The predicted molar refractivity (Wildman–Crippen MR) is 70.8 cm³/mol. The predicted octanol–water partition coefficient (Wildman–Crippen LogP) is 2.53. The van der Waals surface area contributed by atoms with Gasteiger partial charge in [-0.3, -0.25) is 4.79 Å². The Balaban J connectivity index is 2.32. The van der Waals surface area contributed by atoms with Crippen LogP contribution >= 0.6 is 0 Å². The van der Waals surface area contributed by atoms with Crippen molar-refractivity contribution >= 4 is 0 Å². The van der Waals surface area contributed by atoms with E-state index in [0.29, 0.717) is 12.4 Å².